The number of nitrogens with zero attached hydrogens (tertiary/aromatic N) is 1. The molecule has 1 aliphatic rings. The summed E-state index contributed by atoms with van der Waals surface area (Å²) >= 11 is 0. The van der Waals surface area contributed by atoms with Gasteiger partial charge in [-0.1, -0.05) is 51.7 Å². The zero-order valence-corrected chi connectivity index (χ0v) is 18.2. The third kappa shape index (κ3) is 7.22. The van der Waals surface area contributed by atoms with Crippen molar-refractivity contribution < 1.29 is 23.9 Å². The molecule has 1 aromatic rings. The maximum Gasteiger partial charge on any atom is 0.338 e. The maximum absolute atomic E-state index is 12.4. The third-order valence-electron chi connectivity index (χ3n) is 5.18. The van der Waals surface area contributed by atoms with Crippen LogP contribution in [0.25, 0.3) is 0 Å². The van der Waals surface area contributed by atoms with Crippen LogP contribution in [-0.4, -0.2) is 35.0 Å². The number of carbonyl (C=O) groups is 1. The minimum atomic E-state index is -0.674. The summed E-state index contributed by atoms with van der Waals surface area (Å²) in [5.41, 5.74) is 0.177. The number of benzene rings is 1. The van der Waals surface area contributed by atoms with Crippen LogP contribution in [-0.2, 0) is 14.2 Å². The van der Waals surface area contributed by atoms with Crippen LogP contribution >= 0.6 is 0 Å². The zero-order chi connectivity index (χ0) is 22.1. The summed E-state index contributed by atoms with van der Waals surface area (Å²) in [4.78, 5) is 22.7. The van der Waals surface area contributed by atoms with Gasteiger partial charge in [0, 0.05) is 18.6 Å². The molecule has 1 saturated heterocycles. The van der Waals surface area contributed by atoms with Gasteiger partial charge in [0.1, 0.15) is 6.10 Å². The van der Waals surface area contributed by atoms with Crippen molar-refractivity contribution in [1.29, 1.82) is 0 Å². The first kappa shape index (κ1) is 24.0. The van der Waals surface area contributed by atoms with Gasteiger partial charge in [0.15, 0.2) is 5.79 Å². The first-order valence-electron chi connectivity index (χ1n) is 10.7. The van der Waals surface area contributed by atoms with E-state index < -0.39 is 22.8 Å². The molecule has 2 rings (SSSR count). The maximum atomic E-state index is 12.4. The highest BCUT2D eigenvalue weighted by Gasteiger charge is 2.41. The lowest BCUT2D eigenvalue weighted by atomic mass is 10.0. The van der Waals surface area contributed by atoms with Crippen molar-refractivity contribution in [2.75, 3.05) is 0 Å². The number of hydrogen-bond acceptors (Lipinski definition) is 6. The molecule has 0 amide bonds. The molecule has 30 heavy (non-hydrogen) atoms. The Hall–Kier alpha value is -2.25. The first-order valence-corrected chi connectivity index (χ1v) is 10.7. The van der Waals surface area contributed by atoms with E-state index in [0.29, 0.717) is 6.42 Å². The van der Waals surface area contributed by atoms with Gasteiger partial charge in [0.25, 0.3) is 5.69 Å². The van der Waals surface area contributed by atoms with Gasteiger partial charge in [-0.2, -0.15) is 0 Å². The van der Waals surface area contributed by atoms with E-state index in [4.69, 9.17) is 14.2 Å². The fourth-order valence-corrected chi connectivity index (χ4v) is 3.65. The van der Waals surface area contributed by atoms with Crippen LogP contribution in [0.15, 0.2) is 36.9 Å². The van der Waals surface area contributed by atoms with Crippen LogP contribution in [0.4, 0.5) is 5.69 Å². The molecule has 1 fully saturated rings. The largest absolute Gasteiger partial charge is 0.454 e. The van der Waals surface area contributed by atoms with Crippen molar-refractivity contribution in [2.24, 2.45) is 0 Å². The summed E-state index contributed by atoms with van der Waals surface area (Å²) < 4.78 is 17.7. The Morgan fingerprint density at radius 2 is 1.83 bits per heavy atom. The van der Waals surface area contributed by atoms with E-state index in [1.165, 1.54) is 49.9 Å². The Balaban J connectivity index is 1.93. The number of hydrogen-bond donors (Lipinski definition) is 0. The van der Waals surface area contributed by atoms with Crippen molar-refractivity contribution in [1.82, 2.24) is 0 Å². The van der Waals surface area contributed by atoms with Gasteiger partial charge in [0.2, 0.25) is 0 Å². The molecular weight excluding hydrogens is 386 g/mol. The van der Waals surface area contributed by atoms with Crippen molar-refractivity contribution in [2.45, 2.75) is 89.8 Å². The number of carbonyl (C=O) groups excluding carboxylic acids is 1. The van der Waals surface area contributed by atoms with Gasteiger partial charge in [-0.05, 0) is 32.4 Å². The van der Waals surface area contributed by atoms with Crippen LogP contribution in [0.1, 0.15) is 76.1 Å². The fraction of sp³-hybridized carbons (Fsp3) is 0.609. The molecule has 0 saturated carbocycles. The molecule has 166 valence electrons. The highest BCUT2D eigenvalue weighted by Crippen LogP contribution is 2.34. The predicted octanol–water partition coefficient (Wildman–Crippen LogP) is 5.58. The van der Waals surface area contributed by atoms with Crippen molar-refractivity contribution in [3.8, 4) is 0 Å². The number of nitro groups is 1. The minimum absolute atomic E-state index is 0.0536. The number of nitro benzene ring substituents is 1. The summed E-state index contributed by atoms with van der Waals surface area (Å²) in [7, 11) is 0. The first-order chi connectivity index (χ1) is 14.3. The number of rotatable bonds is 12. The molecule has 0 spiro atoms. The summed E-state index contributed by atoms with van der Waals surface area (Å²) in [6.45, 7) is 9.76. The molecule has 1 heterocycles. The van der Waals surface area contributed by atoms with E-state index in [1.54, 1.807) is 6.08 Å². The molecule has 0 aromatic heterocycles. The van der Waals surface area contributed by atoms with E-state index in [2.05, 4.69) is 13.5 Å². The minimum Gasteiger partial charge on any atom is -0.454 e. The molecule has 3 atom stereocenters. The molecule has 0 radical (unpaired) electrons. The SMILES string of the molecule is C=C[C@@H](C[C@H]1OC(C)(C)O[C@@H]1CCCCCCC)OC(=O)c1ccc([N+](=O)[O-])cc1. The Morgan fingerprint density at radius 3 is 2.43 bits per heavy atom. The van der Waals surface area contributed by atoms with E-state index in [1.807, 2.05) is 13.8 Å². The Kier molecular flexibility index (Phi) is 8.99. The van der Waals surface area contributed by atoms with Crippen LogP contribution in [0.5, 0.6) is 0 Å². The Bertz CT molecular complexity index is 715. The van der Waals surface area contributed by atoms with E-state index >= 15 is 0 Å². The van der Waals surface area contributed by atoms with Crippen LogP contribution in [0.3, 0.4) is 0 Å². The third-order valence-corrected chi connectivity index (χ3v) is 5.18. The van der Waals surface area contributed by atoms with E-state index in [-0.39, 0.29) is 23.5 Å². The van der Waals surface area contributed by atoms with Gasteiger partial charge in [-0.25, -0.2) is 4.79 Å². The normalized spacial score (nSPS) is 21.2. The number of non-ortho nitro benzene ring substituents is 1. The Labute approximate surface area is 178 Å². The monoisotopic (exact) mass is 419 g/mol. The van der Waals surface area contributed by atoms with Gasteiger partial charge in [-0.3, -0.25) is 10.1 Å². The molecular formula is C23H33NO6. The van der Waals surface area contributed by atoms with Crippen LogP contribution < -0.4 is 0 Å². The smallest absolute Gasteiger partial charge is 0.338 e. The molecule has 1 aromatic carbocycles. The summed E-state index contributed by atoms with van der Waals surface area (Å²) in [5.74, 6) is -1.23. The van der Waals surface area contributed by atoms with Gasteiger partial charge < -0.3 is 14.2 Å². The average molecular weight is 420 g/mol. The second kappa shape index (κ2) is 11.2. The lowest BCUT2D eigenvalue weighted by Crippen LogP contribution is -2.29. The highest BCUT2D eigenvalue weighted by atomic mass is 16.8. The molecule has 7 nitrogen and oxygen atoms in total. The number of esters is 1. The predicted molar refractivity (Wildman–Crippen MR) is 114 cm³/mol. The summed E-state index contributed by atoms with van der Waals surface area (Å²) in [5, 5.41) is 10.8. The topological polar surface area (TPSA) is 87.9 Å². The Morgan fingerprint density at radius 1 is 1.20 bits per heavy atom. The number of ether oxygens (including phenoxy) is 3. The molecule has 0 N–H and O–H groups in total. The van der Waals surface area contributed by atoms with Gasteiger partial charge in [-0.15, -0.1) is 0 Å². The van der Waals surface area contributed by atoms with Gasteiger partial charge >= 0.3 is 5.97 Å². The standard InChI is InChI=1S/C23H33NO6/c1-5-7-8-9-10-11-20-21(30-23(3,4)29-20)16-19(6-2)28-22(25)17-12-14-18(15-13-17)24(26)27/h6,12-15,19-21H,2,5,7-11,16H2,1,3-4H3/t19-,20+,21+/m0/s1. The molecule has 0 bridgehead atoms. The molecule has 0 aliphatic carbocycles. The van der Waals surface area contributed by atoms with Crippen molar-refractivity contribution >= 4 is 11.7 Å². The van der Waals surface area contributed by atoms with Crippen molar-refractivity contribution in [3.63, 3.8) is 0 Å². The second-order valence-corrected chi connectivity index (χ2v) is 8.13. The average Bonchev–Trinajstić information content (AvgIpc) is 3.00. The zero-order valence-electron chi connectivity index (χ0n) is 18.2. The molecule has 0 unspecified atom stereocenters. The van der Waals surface area contributed by atoms with Crippen LogP contribution in [0, 0.1) is 10.1 Å². The lowest BCUT2D eigenvalue weighted by molar-refractivity contribution is -0.384. The lowest BCUT2D eigenvalue weighted by Gasteiger charge is -2.21. The quantitative estimate of drug-likeness (QED) is 0.145. The molecule has 1 aliphatic heterocycles. The van der Waals surface area contributed by atoms with Crippen molar-refractivity contribution in [3.05, 3.63) is 52.6 Å². The molecule has 7 heteroatoms. The van der Waals surface area contributed by atoms with Gasteiger partial charge in [0.05, 0.1) is 22.7 Å². The second-order valence-electron chi connectivity index (χ2n) is 8.13. The highest BCUT2D eigenvalue weighted by molar-refractivity contribution is 5.89. The summed E-state index contributed by atoms with van der Waals surface area (Å²) in [6.07, 6.45) is 8.05. The number of unbranched alkanes of at least 4 members (excludes halogenated alkanes) is 4. The van der Waals surface area contributed by atoms with Crippen LogP contribution in [0.2, 0.25) is 0 Å². The summed E-state index contributed by atoms with van der Waals surface area (Å²) in [6, 6.07) is 5.34. The van der Waals surface area contributed by atoms with E-state index in [0.717, 1.165) is 12.8 Å². The fourth-order valence-electron chi connectivity index (χ4n) is 3.65. The van der Waals surface area contributed by atoms with E-state index in [9.17, 15) is 14.9 Å².